The Kier molecular flexibility index (Phi) is 6.23. The first-order chi connectivity index (χ1) is 6.86. The Hall–Kier alpha value is -0.0600. The van der Waals surface area contributed by atoms with Crippen molar-refractivity contribution in [3.05, 3.63) is 16.6 Å². The van der Waals surface area contributed by atoms with Crippen LogP contribution >= 0.6 is 23.1 Å². The number of hydrogen-bond acceptors (Lipinski definition) is 4. The van der Waals surface area contributed by atoms with Gasteiger partial charge in [0.2, 0.25) is 0 Å². The van der Waals surface area contributed by atoms with Crippen molar-refractivity contribution in [1.82, 2.24) is 10.3 Å². The predicted octanol–water partition coefficient (Wildman–Crippen LogP) is 2.42. The quantitative estimate of drug-likeness (QED) is 0.778. The first-order valence-corrected chi connectivity index (χ1v) is 7.08. The van der Waals surface area contributed by atoms with Gasteiger partial charge >= 0.3 is 0 Å². The van der Waals surface area contributed by atoms with Crippen LogP contribution in [-0.2, 0) is 6.42 Å². The average molecular weight is 230 g/mol. The van der Waals surface area contributed by atoms with E-state index in [1.54, 1.807) is 11.3 Å². The summed E-state index contributed by atoms with van der Waals surface area (Å²) in [5.74, 6) is 2.40. The Balaban J connectivity index is 2.34. The Morgan fingerprint density at radius 3 is 3.00 bits per heavy atom. The molecule has 0 aromatic carbocycles. The summed E-state index contributed by atoms with van der Waals surface area (Å²) in [6.07, 6.45) is 3.09. The summed E-state index contributed by atoms with van der Waals surface area (Å²) in [6.45, 7) is 5.42. The van der Waals surface area contributed by atoms with Gasteiger partial charge in [-0.25, -0.2) is 0 Å². The van der Waals surface area contributed by atoms with E-state index in [0.29, 0.717) is 6.04 Å². The second kappa shape index (κ2) is 7.26. The third kappa shape index (κ3) is 4.44. The van der Waals surface area contributed by atoms with Crippen LogP contribution in [0.3, 0.4) is 0 Å². The van der Waals surface area contributed by atoms with E-state index >= 15 is 0 Å². The van der Waals surface area contributed by atoms with Gasteiger partial charge in [0.25, 0.3) is 0 Å². The Bertz CT molecular complexity index is 224. The van der Waals surface area contributed by atoms with Crippen LogP contribution in [0.4, 0.5) is 0 Å². The molecule has 2 nitrogen and oxygen atoms in total. The smallest absolute Gasteiger partial charge is 0.0794 e. The van der Waals surface area contributed by atoms with Gasteiger partial charge in [0.05, 0.1) is 5.51 Å². The lowest BCUT2D eigenvalue weighted by molar-refractivity contribution is 0.576. The molecule has 0 bridgehead atoms. The zero-order chi connectivity index (χ0) is 10.2. The highest BCUT2D eigenvalue weighted by molar-refractivity contribution is 7.99. The van der Waals surface area contributed by atoms with E-state index in [4.69, 9.17) is 0 Å². The van der Waals surface area contributed by atoms with E-state index in [1.807, 2.05) is 23.5 Å². The maximum Gasteiger partial charge on any atom is 0.0794 e. The second-order valence-corrected chi connectivity index (χ2v) is 5.38. The Morgan fingerprint density at radius 2 is 2.43 bits per heavy atom. The highest BCUT2D eigenvalue weighted by Gasteiger charge is 2.08. The lowest BCUT2D eigenvalue weighted by Crippen LogP contribution is -2.33. The van der Waals surface area contributed by atoms with Crippen LogP contribution in [0.15, 0.2) is 11.7 Å². The normalized spacial score (nSPS) is 13.0. The molecule has 0 saturated carbocycles. The van der Waals surface area contributed by atoms with Crippen molar-refractivity contribution in [2.75, 3.05) is 18.1 Å². The minimum absolute atomic E-state index is 0.602. The molecule has 1 aromatic heterocycles. The number of nitrogens with one attached hydrogen (secondary N) is 1. The third-order valence-electron chi connectivity index (χ3n) is 1.95. The van der Waals surface area contributed by atoms with Crippen LogP contribution in [0.2, 0.25) is 0 Å². The molecule has 0 aliphatic carbocycles. The highest BCUT2D eigenvalue weighted by atomic mass is 32.2. The summed E-state index contributed by atoms with van der Waals surface area (Å²) < 4.78 is 0. The van der Waals surface area contributed by atoms with E-state index in [0.717, 1.165) is 13.0 Å². The van der Waals surface area contributed by atoms with Gasteiger partial charge in [-0.1, -0.05) is 13.8 Å². The van der Waals surface area contributed by atoms with Crippen molar-refractivity contribution in [1.29, 1.82) is 0 Å². The van der Waals surface area contributed by atoms with Crippen molar-refractivity contribution in [2.24, 2.45) is 0 Å². The van der Waals surface area contributed by atoms with Crippen molar-refractivity contribution in [3.8, 4) is 0 Å². The molecule has 1 rings (SSSR count). The van der Waals surface area contributed by atoms with E-state index in [1.165, 1.54) is 16.4 Å². The molecule has 0 radical (unpaired) electrons. The van der Waals surface area contributed by atoms with Gasteiger partial charge in [0.1, 0.15) is 0 Å². The van der Waals surface area contributed by atoms with Crippen LogP contribution in [0.5, 0.6) is 0 Å². The fourth-order valence-corrected chi connectivity index (χ4v) is 2.76. The molecule has 1 aromatic rings. The van der Waals surface area contributed by atoms with Gasteiger partial charge in [0.15, 0.2) is 0 Å². The average Bonchev–Trinajstić information content (AvgIpc) is 2.67. The zero-order valence-corrected chi connectivity index (χ0v) is 10.5. The molecule has 1 heterocycles. The summed E-state index contributed by atoms with van der Waals surface area (Å²) >= 11 is 3.75. The fourth-order valence-electron chi connectivity index (χ4n) is 1.32. The van der Waals surface area contributed by atoms with Crippen LogP contribution < -0.4 is 5.32 Å². The number of rotatable bonds is 7. The van der Waals surface area contributed by atoms with Gasteiger partial charge in [0, 0.05) is 22.9 Å². The highest BCUT2D eigenvalue weighted by Crippen LogP contribution is 2.12. The number of hydrogen-bond donors (Lipinski definition) is 1. The molecule has 0 fully saturated rings. The number of nitrogens with zero attached hydrogens (tertiary/aromatic N) is 1. The fraction of sp³-hybridized carbons (Fsp3) is 0.700. The molecule has 0 spiro atoms. The molecule has 80 valence electrons. The summed E-state index contributed by atoms with van der Waals surface area (Å²) in [5.41, 5.74) is 1.91. The summed E-state index contributed by atoms with van der Waals surface area (Å²) in [6, 6.07) is 0.602. The Labute approximate surface area is 94.5 Å². The molecule has 0 aliphatic heterocycles. The van der Waals surface area contributed by atoms with E-state index in [-0.39, 0.29) is 0 Å². The van der Waals surface area contributed by atoms with E-state index in [2.05, 4.69) is 24.1 Å². The van der Waals surface area contributed by atoms with Crippen LogP contribution in [0.1, 0.15) is 18.7 Å². The van der Waals surface area contributed by atoms with Gasteiger partial charge in [-0.15, -0.1) is 11.3 Å². The number of thiazole rings is 1. The van der Waals surface area contributed by atoms with Crippen molar-refractivity contribution in [2.45, 2.75) is 26.3 Å². The molecular weight excluding hydrogens is 212 g/mol. The number of likely N-dealkylation sites (N-methyl/N-ethyl adjacent to an activating group) is 1. The minimum atomic E-state index is 0.602. The predicted molar refractivity (Wildman–Crippen MR) is 66.3 cm³/mol. The third-order valence-corrected chi connectivity index (χ3v) is 3.80. The summed E-state index contributed by atoms with van der Waals surface area (Å²) in [5, 5.41) is 3.51. The maximum absolute atomic E-state index is 4.10. The van der Waals surface area contributed by atoms with Crippen molar-refractivity contribution in [3.63, 3.8) is 0 Å². The first-order valence-electron chi connectivity index (χ1n) is 5.05. The molecule has 0 amide bonds. The van der Waals surface area contributed by atoms with Gasteiger partial charge in [-0.3, -0.25) is 4.98 Å². The molecular formula is C10H18N2S2. The molecule has 0 saturated heterocycles. The lowest BCUT2D eigenvalue weighted by atomic mass is 10.2. The number of aromatic nitrogens is 1. The molecule has 14 heavy (non-hydrogen) atoms. The van der Waals surface area contributed by atoms with E-state index in [9.17, 15) is 0 Å². The monoisotopic (exact) mass is 230 g/mol. The van der Waals surface area contributed by atoms with Crippen molar-refractivity contribution < 1.29 is 0 Å². The maximum atomic E-state index is 4.10. The van der Waals surface area contributed by atoms with Gasteiger partial charge in [-0.05, 0) is 18.7 Å². The summed E-state index contributed by atoms with van der Waals surface area (Å²) in [4.78, 5) is 5.48. The van der Waals surface area contributed by atoms with Gasteiger partial charge in [-0.2, -0.15) is 11.8 Å². The molecule has 1 N–H and O–H groups in total. The molecule has 0 aliphatic rings. The summed E-state index contributed by atoms with van der Waals surface area (Å²) in [7, 11) is 0. The van der Waals surface area contributed by atoms with Crippen LogP contribution in [0.25, 0.3) is 0 Å². The molecule has 1 atom stereocenters. The number of thioether (sulfide) groups is 1. The first kappa shape index (κ1) is 12.0. The molecule has 4 heteroatoms. The topological polar surface area (TPSA) is 24.9 Å². The largest absolute Gasteiger partial charge is 0.313 e. The van der Waals surface area contributed by atoms with Gasteiger partial charge < -0.3 is 5.32 Å². The second-order valence-electron chi connectivity index (χ2n) is 3.09. The zero-order valence-electron chi connectivity index (χ0n) is 8.82. The minimum Gasteiger partial charge on any atom is -0.313 e. The van der Waals surface area contributed by atoms with Crippen molar-refractivity contribution >= 4 is 23.1 Å². The lowest BCUT2D eigenvalue weighted by Gasteiger charge is -2.15. The molecule has 1 unspecified atom stereocenters. The Morgan fingerprint density at radius 1 is 1.57 bits per heavy atom. The van der Waals surface area contributed by atoms with E-state index < -0.39 is 0 Å². The van der Waals surface area contributed by atoms with Crippen LogP contribution in [0, 0.1) is 0 Å². The SMILES string of the molecule is CCNC(CSCC)Cc1cncs1. The van der Waals surface area contributed by atoms with Crippen LogP contribution in [-0.4, -0.2) is 29.1 Å². The standard InChI is InChI=1S/C10H18N2S2/c1-3-12-9(7-13-4-2)5-10-6-11-8-14-10/h6,8-9,12H,3-5,7H2,1-2H3.